The molecule has 3 N–H and O–H groups in total. The Morgan fingerprint density at radius 3 is 2.76 bits per heavy atom. The van der Waals surface area contributed by atoms with E-state index in [0.717, 1.165) is 19.3 Å². The number of aryl methyl sites for hydroxylation is 1. The van der Waals surface area contributed by atoms with Crippen LogP contribution in [0, 0.1) is 24.2 Å². The van der Waals surface area contributed by atoms with E-state index in [-0.39, 0.29) is 29.3 Å². The molecule has 5 nitrogen and oxygen atoms in total. The van der Waals surface area contributed by atoms with Crippen molar-refractivity contribution in [2.24, 2.45) is 11.7 Å². The minimum atomic E-state index is -3.61. The smallest absolute Gasteiger partial charge is 0.241 e. The first-order valence-electron chi connectivity index (χ1n) is 6.71. The number of rotatable bonds is 4. The summed E-state index contributed by atoms with van der Waals surface area (Å²) in [6.45, 7) is 2.22. The third kappa shape index (κ3) is 3.95. The van der Waals surface area contributed by atoms with Gasteiger partial charge in [0, 0.05) is 6.04 Å². The van der Waals surface area contributed by atoms with Gasteiger partial charge in [0.25, 0.3) is 0 Å². The highest BCUT2D eigenvalue weighted by atomic mass is 35.5. The van der Waals surface area contributed by atoms with Gasteiger partial charge in [-0.1, -0.05) is 12.5 Å². The Kier molecular flexibility index (Phi) is 6.17. The Balaban J connectivity index is 0.00000220. The van der Waals surface area contributed by atoms with Gasteiger partial charge in [-0.3, -0.25) is 0 Å². The molecular weight excluding hydrogens is 310 g/mol. The van der Waals surface area contributed by atoms with Gasteiger partial charge in [-0.15, -0.1) is 12.4 Å². The van der Waals surface area contributed by atoms with Gasteiger partial charge in [-0.2, -0.15) is 5.26 Å². The number of hydrogen-bond donors (Lipinski definition) is 2. The molecule has 0 amide bonds. The topological polar surface area (TPSA) is 96.0 Å². The number of nitrogens with two attached hydrogens (primary N) is 1. The van der Waals surface area contributed by atoms with Crippen LogP contribution >= 0.6 is 12.4 Å². The van der Waals surface area contributed by atoms with Crippen LogP contribution in [0.1, 0.15) is 30.4 Å². The number of nitrogens with one attached hydrogen (secondary N) is 1. The Hall–Kier alpha value is -1.13. The van der Waals surface area contributed by atoms with Gasteiger partial charge < -0.3 is 5.73 Å². The fourth-order valence-electron chi connectivity index (χ4n) is 2.70. The molecule has 1 aliphatic rings. The van der Waals surface area contributed by atoms with E-state index in [9.17, 15) is 8.42 Å². The average molecular weight is 330 g/mol. The molecule has 21 heavy (non-hydrogen) atoms. The summed E-state index contributed by atoms with van der Waals surface area (Å²) in [6.07, 6.45) is 2.77. The summed E-state index contributed by atoms with van der Waals surface area (Å²) in [5.41, 5.74) is 6.66. The number of sulfonamides is 1. The molecule has 1 fully saturated rings. The molecule has 1 saturated carbocycles. The number of nitrogens with zero attached hydrogens (tertiary/aromatic N) is 1. The highest BCUT2D eigenvalue weighted by molar-refractivity contribution is 7.89. The number of hydrogen-bond acceptors (Lipinski definition) is 4. The minimum absolute atomic E-state index is 0. The third-order valence-electron chi connectivity index (χ3n) is 3.88. The molecule has 0 bridgehead atoms. The Morgan fingerprint density at radius 1 is 1.43 bits per heavy atom. The predicted octanol–water partition coefficient (Wildman–Crippen LogP) is 1.69. The second-order valence-electron chi connectivity index (χ2n) is 5.25. The zero-order valence-corrected chi connectivity index (χ0v) is 13.5. The predicted molar refractivity (Wildman–Crippen MR) is 83.6 cm³/mol. The van der Waals surface area contributed by atoms with Crippen LogP contribution in [0.3, 0.4) is 0 Å². The SMILES string of the molecule is Cc1ccc(C#N)cc1S(=O)(=O)NC1CCCC1CN.Cl. The van der Waals surface area contributed by atoms with Crippen LogP contribution in [-0.4, -0.2) is 21.0 Å². The molecule has 1 aromatic rings. The van der Waals surface area contributed by atoms with E-state index in [1.807, 2.05) is 6.07 Å². The van der Waals surface area contributed by atoms with Crippen molar-refractivity contribution in [3.05, 3.63) is 29.3 Å². The maximum absolute atomic E-state index is 12.5. The van der Waals surface area contributed by atoms with Crippen molar-refractivity contribution in [3.8, 4) is 6.07 Å². The number of halogens is 1. The van der Waals surface area contributed by atoms with Crippen molar-refractivity contribution >= 4 is 22.4 Å². The lowest BCUT2D eigenvalue weighted by Crippen LogP contribution is -2.40. The highest BCUT2D eigenvalue weighted by Gasteiger charge is 2.30. The van der Waals surface area contributed by atoms with Gasteiger partial charge in [0.05, 0.1) is 16.5 Å². The Labute approximate surface area is 132 Å². The zero-order chi connectivity index (χ0) is 14.8. The number of benzene rings is 1. The second-order valence-corrected chi connectivity index (χ2v) is 6.93. The van der Waals surface area contributed by atoms with E-state index >= 15 is 0 Å². The molecule has 0 saturated heterocycles. The standard InChI is InChI=1S/C14H19N3O2S.ClH/c1-10-5-6-11(8-15)7-14(10)20(18,19)17-13-4-2-3-12(13)9-16;/h5-7,12-13,17H,2-4,9,16H2,1H3;1H. The van der Waals surface area contributed by atoms with E-state index in [4.69, 9.17) is 11.0 Å². The van der Waals surface area contributed by atoms with Gasteiger partial charge in [0.15, 0.2) is 0 Å². The Morgan fingerprint density at radius 2 is 2.14 bits per heavy atom. The van der Waals surface area contributed by atoms with E-state index in [1.165, 1.54) is 6.07 Å². The maximum atomic E-state index is 12.5. The van der Waals surface area contributed by atoms with E-state index < -0.39 is 10.0 Å². The first-order chi connectivity index (χ1) is 9.47. The van der Waals surface area contributed by atoms with Crippen LogP contribution in [0.4, 0.5) is 0 Å². The molecule has 2 atom stereocenters. The van der Waals surface area contributed by atoms with Gasteiger partial charge in [-0.25, -0.2) is 13.1 Å². The molecule has 7 heteroatoms. The van der Waals surface area contributed by atoms with Gasteiger partial charge in [-0.05, 0) is 49.9 Å². The molecule has 0 heterocycles. The minimum Gasteiger partial charge on any atom is -0.330 e. The van der Waals surface area contributed by atoms with E-state index in [2.05, 4.69) is 4.72 Å². The van der Waals surface area contributed by atoms with Crippen molar-refractivity contribution in [2.45, 2.75) is 37.1 Å². The van der Waals surface area contributed by atoms with Crippen LogP contribution in [0.2, 0.25) is 0 Å². The van der Waals surface area contributed by atoms with Crippen LogP contribution in [0.15, 0.2) is 23.1 Å². The lowest BCUT2D eigenvalue weighted by atomic mass is 10.1. The molecular formula is C14H20ClN3O2S. The lowest BCUT2D eigenvalue weighted by Gasteiger charge is -2.20. The summed E-state index contributed by atoms with van der Waals surface area (Å²) in [5, 5.41) is 8.90. The van der Waals surface area contributed by atoms with E-state index in [0.29, 0.717) is 17.7 Å². The summed E-state index contributed by atoms with van der Waals surface area (Å²) >= 11 is 0. The quantitative estimate of drug-likeness (QED) is 0.878. The fourth-order valence-corrected chi connectivity index (χ4v) is 4.31. The Bertz CT molecular complexity index is 640. The first-order valence-corrected chi connectivity index (χ1v) is 8.19. The summed E-state index contributed by atoms with van der Waals surface area (Å²) in [5.74, 6) is 0.198. The average Bonchev–Trinajstić information content (AvgIpc) is 2.85. The summed E-state index contributed by atoms with van der Waals surface area (Å²) in [6, 6.07) is 6.56. The highest BCUT2D eigenvalue weighted by Crippen LogP contribution is 2.27. The second kappa shape index (κ2) is 7.23. The van der Waals surface area contributed by atoms with Gasteiger partial charge >= 0.3 is 0 Å². The summed E-state index contributed by atoms with van der Waals surface area (Å²) in [7, 11) is -3.61. The van der Waals surface area contributed by atoms with Crippen molar-refractivity contribution in [2.75, 3.05) is 6.54 Å². The van der Waals surface area contributed by atoms with Crippen LogP contribution in [0.25, 0.3) is 0 Å². The molecule has 2 unspecified atom stereocenters. The molecule has 1 aliphatic carbocycles. The van der Waals surface area contributed by atoms with Crippen LogP contribution < -0.4 is 10.5 Å². The third-order valence-corrected chi connectivity index (χ3v) is 5.51. The molecule has 0 radical (unpaired) electrons. The monoisotopic (exact) mass is 329 g/mol. The van der Waals surface area contributed by atoms with Gasteiger partial charge in [0.2, 0.25) is 10.0 Å². The first kappa shape index (κ1) is 17.9. The van der Waals surface area contributed by atoms with Crippen LogP contribution in [0.5, 0.6) is 0 Å². The molecule has 0 spiro atoms. The zero-order valence-electron chi connectivity index (χ0n) is 11.9. The molecule has 2 rings (SSSR count). The molecule has 1 aromatic carbocycles. The molecule has 0 aromatic heterocycles. The number of nitriles is 1. The largest absolute Gasteiger partial charge is 0.330 e. The summed E-state index contributed by atoms with van der Waals surface area (Å²) in [4.78, 5) is 0.180. The lowest BCUT2D eigenvalue weighted by molar-refractivity contribution is 0.452. The molecule has 0 aliphatic heterocycles. The van der Waals surface area contributed by atoms with Crippen molar-refractivity contribution in [1.29, 1.82) is 5.26 Å². The van der Waals surface area contributed by atoms with Crippen molar-refractivity contribution in [3.63, 3.8) is 0 Å². The van der Waals surface area contributed by atoms with Gasteiger partial charge in [0.1, 0.15) is 0 Å². The normalized spacial score (nSPS) is 21.6. The van der Waals surface area contributed by atoms with Crippen molar-refractivity contribution < 1.29 is 8.42 Å². The molecule has 116 valence electrons. The fraction of sp³-hybridized carbons (Fsp3) is 0.500. The van der Waals surface area contributed by atoms with Crippen LogP contribution in [-0.2, 0) is 10.0 Å². The van der Waals surface area contributed by atoms with Crippen molar-refractivity contribution in [1.82, 2.24) is 4.72 Å². The maximum Gasteiger partial charge on any atom is 0.241 e. The van der Waals surface area contributed by atoms with E-state index in [1.54, 1.807) is 19.1 Å². The summed E-state index contributed by atoms with van der Waals surface area (Å²) < 4.78 is 27.7.